The van der Waals surface area contributed by atoms with Crippen LogP contribution in [-0.4, -0.2) is 32.5 Å². The summed E-state index contributed by atoms with van der Waals surface area (Å²) >= 11 is 0. The molecule has 5 nitrogen and oxygen atoms in total. The second-order valence-electron chi connectivity index (χ2n) is 6.12. The van der Waals surface area contributed by atoms with Crippen LogP contribution in [0.4, 0.5) is 10.1 Å². The first kappa shape index (κ1) is 18.6. The first-order valence-corrected chi connectivity index (χ1v) is 8.07. The van der Waals surface area contributed by atoms with Gasteiger partial charge in [0.15, 0.2) is 6.54 Å². The molecular formula is C19H23FN3O2+. The van der Waals surface area contributed by atoms with Crippen molar-refractivity contribution >= 4 is 17.5 Å². The fourth-order valence-corrected chi connectivity index (χ4v) is 2.52. The predicted octanol–water partition coefficient (Wildman–Crippen LogP) is 1.15. The number of carbonyl (C=O) groups excluding carboxylic acids is 2. The second kappa shape index (κ2) is 8.39. The molecule has 1 unspecified atom stereocenters. The largest absolute Gasteiger partial charge is 0.355 e. The van der Waals surface area contributed by atoms with Gasteiger partial charge in [-0.3, -0.25) is 9.59 Å². The van der Waals surface area contributed by atoms with Crippen molar-refractivity contribution in [3.8, 4) is 0 Å². The minimum absolute atomic E-state index is 0.133. The van der Waals surface area contributed by atoms with Crippen molar-refractivity contribution in [2.45, 2.75) is 13.5 Å². The van der Waals surface area contributed by atoms with Crippen LogP contribution in [0.25, 0.3) is 0 Å². The molecule has 0 aromatic heterocycles. The van der Waals surface area contributed by atoms with Gasteiger partial charge in [0.2, 0.25) is 0 Å². The van der Waals surface area contributed by atoms with E-state index in [-0.39, 0.29) is 24.0 Å². The average Bonchev–Trinajstić information content (AvgIpc) is 2.57. The zero-order valence-corrected chi connectivity index (χ0v) is 14.7. The SMILES string of the molecule is CNC(=O)c1ccc(C[NH+](C)CC(=O)Nc2ccc(C)cc2F)cc1. The number of amides is 2. The summed E-state index contributed by atoms with van der Waals surface area (Å²) in [5.41, 5.74) is 2.60. The second-order valence-corrected chi connectivity index (χ2v) is 6.12. The van der Waals surface area contributed by atoms with E-state index in [4.69, 9.17) is 0 Å². The molecule has 0 saturated heterocycles. The van der Waals surface area contributed by atoms with Gasteiger partial charge >= 0.3 is 0 Å². The summed E-state index contributed by atoms with van der Waals surface area (Å²) in [6, 6.07) is 11.9. The molecule has 2 amide bonds. The Balaban J connectivity index is 1.89. The monoisotopic (exact) mass is 344 g/mol. The Kier molecular flexibility index (Phi) is 6.25. The van der Waals surface area contributed by atoms with E-state index in [1.807, 2.05) is 19.2 Å². The summed E-state index contributed by atoms with van der Waals surface area (Å²) in [7, 11) is 3.47. The molecule has 3 N–H and O–H groups in total. The first-order valence-electron chi connectivity index (χ1n) is 8.07. The molecule has 2 aromatic rings. The van der Waals surface area contributed by atoms with Crippen LogP contribution in [0.1, 0.15) is 21.5 Å². The third kappa shape index (κ3) is 5.39. The van der Waals surface area contributed by atoms with Crippen LogP contribution in [0.5, 0.6) is 0 Å². The Morgan fingerprint density at radius 1 is 1.12 bits per heavy atom. The first-order chi connectivity index (χ1) is 11.9. The van der Waals surface area contributed by atoms with Crippen LogP contribution in [0, 0.1) is 12.7 Å². The molecule has 2 rings (SSSR count). The number of benzene rings is 2. The van der Waals surface area contributed by atoms with Crippen LogP contribution in [-0.2, 0) is 11.3 Å². The topological polar surface area (TPSA) is 62.6 Å². The molecule has 0 radical (unpaired) electrons. The molecular weight excluding hydrogens is 321 g/mol. The Labute approximate surface area is 146 Å². The number of anilines is 1. The standard InChI is InChI=1S/C19H22FN3O2/c1-13-4-9-17(16(20)10-13)22-18(24)12-23(3)11-14-5-7-15(8-6-14)19(25)21-2/h4-10H,11-12H2,1-3H3,(H,21,25)(H,22,24)/p+1. The van der Waals surface area contributed by atoms with Gasteiger partial charge in [0.1, 0.15) is 12.4 Å². The van der Waals surface area contributed by atoms with Gasteiger partial charge in [-0.25, -0.2) is 4.39 Å². The Morgan fingerprint density at radius 3 is 2.40 bits per heavy atom. The lowest BCUT2D eigenvalue weighted by molar-refractivity contribution is -0.885. The number of rotatable bonds is 6. The van der Waals surface area contributed by atoms with Gasteiger partial charge in [0.05, 0.1) is 12.7 Å². The minimum Gasteiger partial charge on any atom is -0.355 e. The van der Waals surface area contributed by atoms with Crippen LogP contribution in [0.15, 0.2) is 42.5 Å². The number of nitrogens with one attached hydrogen (secondary N) is 3. The third-order valence-electron chi connectivity index (χ3n) is 3.81. The third-order valence-corrected chi connectivity index (χ3v) is 3.81. The zero-order valence-electron chi connectivity index (χ0n) is 14.7. The smallest absolute Gasteiger partial charge is 0.279 e. The summed E-state index contributed by atoms with van der Waals surface area (Å²) in [4.78, 5) is 24.6. The van der Waals surface area contributed by atoms with E-state index in [1.165, 1.54) is 6.07 Å². The fourth-order valence-electron chi connectivity index (χ4n) is 2.52. The van der Waals surface area contributed by atoms with Crippen molar-refractivity contribution in [3.63, 3.8) is 0 Å². The molecule has 0 fully saturated rings. The molecule has 2 aromatic carbocycles. The number of hydrogen-bond acceptors (Lipinski definition) is 2. The number of halogens is 1. The lowest BCUT2D eigenvalue weighted by Gasteiger charge is -2.14. The van der Waals surface area contributed by atoms with Crippen molar-refractivity contribution in [2.24, 2.45) is 0 Å². The van der Waals surface area contributed by atoms with E-state index < -0.39 is 5.82 Å². The van der Waals surface area contributed by atoms with E-state index in [9.17, 15) is 14.0 Å². The summed E-state index contributed by atoms with van der Waals surface area (Å²) < 4.78 is 13.8. The molecule has 0 heterocycles. The number of aryl methyl sites for hydroxylation is 1. The van der Waals surface area contributed by atoms with E-state index in [0.29, 0.717) is 12.1 Å². The van der Waals surface area contributed by atoms with Crippen molar-refractivity contribution in [1.82, 2.24) is 5.32 Å². The summed E-state index contributed by atoms with van der Waals surface area (Å²) in [5.74, 6) is -0.815. The average molecular weight is 344 g/mol. The van der Waals surface area contributed by atoms with E-state index in [0.717, 1.165) is 16.0 Å². The molecule has 6 heteroatoms. The van der Waals surface area contributed by atoms with Gasteiger partial charge in [-0.2, -0.15) is 0 Å². The summed E-state index contributed by atoms with van der Waals surface area (Å²) in [6.45, 7) is 2.63. The van der Waals surface area contributed by atoms with E-state index >= 15 is 0 Å². The van der Waals surface area contributed by atoms with Crippen molar-refractivity contribution in [2.75, 3.05) is 26.0 Å². The zero-order chi connectivity index (χ0) is 18.4. The number of hydrogen-bond donors (Lipinski definition) is 3. The lowest BCUT2D eigenvalue weighted by atomic mass is 10.1. The molecule has 25 heavy (non-hydrogen) atoms. The maximum atomic E-state index is 13.8. The maximum Gasteiger partial charge on any atom is 0.279 e. The van der Waals surface area contributed by atoms with E-state index in [2.05, 4.69) is 10.6 Å². The lowest BCUT2D eigenvalue weighted by Crippen LogP contribution is -3.08. The van der Waals surface area contributed by atoms with Gasteiger partial charge in [-0.05, 0) is 36.8 Å². The van der Waals surface area contributed by atoms with Gasteiger partial charge in [0, 0.05) is 18.2 Å². The highest BCUT2D eigenvalue weighted by Crippen LogP contribution is 2.14. The Bertz CT molecular complexity index is 760. The van der Waals surface area contributed by atoms with Crippen LogP contribution in [0.3, 0.4) is 0 Å². The molecule has 0 saturated carbocycles. The van der Waals surface area contributed by atoms with Crippen molar-refractivity contribution < 1.29 is 18.9 Å². The highest BCUT2D eigenvalue weighted by atomic mass is 19.1. The Hall–Kier alpha value is -2.73. The van der Waals surface area contributed by atoms with Crippen LogP contribution >= 0.6 is 0 Å². The highest BCUT2D eigenvalue weighted by molar-refractivity contribution is 5.94. The summed E-state index contributed by atoms with van der Waals surface area (Å²) in [5, 5.41) is 5.17. The molecule has 0 bridgehead atoms. The van der Waals surface area contributed by atoms with Crippen LogP contribution in [0.2, 0.25) is 0 Å². The Morgan fingerprint density at radius 2 is 1.80 bits per heavy atom. The van der Waals surface area contributed by atoms with Crippen molar-refractivity contribution in [3.05, 3.63) is 65.0 Å². The van der Waals surface area contributed by atoms with Gasteiger partial charge < -0.3 is 15.5 Å². The van der Waals surface area contributed by atoms with Gasteiger partial charge in [-0.15, -0.1) is 0 Å². The number of quaternary nitrogens is 1. The number of carbonyl (C=O) groups is 2. The van der Waals surface area contributed by atoms with Crippen LogP contribution < -0.4 is 15.5 Å². The van der Waals surface area contributed by atoms with Gasteiger partial charge in [0.25, 0.3) is 11.8 Å². The molecule has 132 valence electrons. The molecule has 1 atom stereocenters. The summed E-state index contributed by atoms with van der Waals surface area (Å²) in [6.07, 6.45) is 0. The van der Waals surface area contributed by atoms with Gasteiger partial charge in [-0.1, -0.05) is 18.2 Å². The predicted molar refractivity (Wildman–Crippen MR) is 95.1 cm³/mol. The minimum atomic E-state index is -0.434. The normalized spacial score (nSPS) is 11.7. The van der Waals surface area contributed by atoms with E-state index in [1.54, 1.807) is 38.2 Å². The number of likely N-dealkylation sites (N-methyl/N-ethyl adjacent to an activating group) is 1. The molecule has 0 spiro atoms. The van der Waals surface area contributed by atoms with Crippen molar-refractivity contribution in [1.29, 1.82) is 0 Å². The molecule has 0 aliphatic rings. The highest BCUT2D eigenvalue weighted by Gasteiger charge is 2.13. The fraction of sp³-hybridized carbons (Fsp3) is 0.263. The quantitative estimate of drug-likeness (QED) is 0.736. The molecule has 0 aliphatic heterocycles. The maximum absolute atomic E-state index is 13.8. The molecule has 0 aliphatic carbocycles.